The molecule has 0 spiro atoms. The molecule has 0 saturated carbocycles. The van der Waals surface area contributed by atoms with Crippen molar-refractivity contribution in [2.24, 2.45) is 0 Å². The van der Waals surface area contributed by atoms with E-state index in [-0.39, 0.29) is 0 Å². The molecule has 0 saturated heterocycles. The van der Waals surface area contributed by atoms with Crippen LogP contribution < -0.4 is 5.32 Å². The minimum absolute atomic E-state index is 0.417. The van der Waals surface area contributed by atoms with Gasteiger partial charge in [-0.05, 0) is 37.6 Å². The molecule has 1 aliphatic heterocycles. The number of fused-ring (bicyclic) bond motifs is 1. The number of ether oxygens (including phenoxy) is 1. The first kappa shape index (κ1) is 13.5. The van der Waals surface area contributed by atoms with Gasteiger partial charge in [-0.2, -0.15) is 0 Å². The molecule has 1 aliphatic rings. The maximum atomic E-state index is 5.25. The first-order valence-corrected chi connectivity index (χ1v) is 6.79. The largest absolute Gasteiger partial charge is 0.383 e. The summed E-state index contributed by atoms with van der Waals surface area (Å²) < 4.78 is 5.25. The Morgan fingerprint density at radius 1 is 1.33 bits per heavy atom. The number of aryl methyl sites for hydroxylation is 1. The minimum Gasteiger partial charge on any atom is -0.383 e. The van der Waals surface area contributed by atoms with Gasteiger partial charge < -0.3 is 10.1 Å². The highest BCUT2D eigenvalue weighted by molar-refractivity contribution is 5.28. The van der Waals surface area contributed by atoms with Gasteiger partial charge in [-0.15, -0.1) is 0 Å². The average Bonchev–Trinajstić information content (AvgIpc) is 2.59. The molecule has 1 unspecified atom stereocenters. The zero-order chi connectivity index (χ0) is 12.8. The second-order valence-electron chi connectivity index (χ2n) is 5.05. The summed E-state index contributed by atoms with van der Waals surface area (Å²) in [6.45, 7) is 4.07. The molecule has 0 bridgehead atoms. The molecule has 18 heavy (non-hydrogen) atoms. The molecule has 0 fully saturated rings. The van der Waals surface area contributed by atoms with Crippen molar-refractivity contribution in [3.63, 3.8) is 0 Å². The lowest BCUT2D eigenvalue weighted by molar-refractivity contribution is 0.139. The molecule has 3 nitrogen and oxygen atoms in total. The Kier molecular flexibility index (Phi) is 5.17. The Bertz CT molecular complexity index is 367. The van der Waals surface area contributed by atoms with Crippen molar-refractivity contribution in [2.75, 3.05) is 33.9 Å². The third kappa shape index (κ3) is 3.55. The molecular weight excluding hydrogens is 224 g/mol. The van der Waals surface area contributed by atoms with E-state index in [2.05, 4.69) is 34.5 Å². The van der Waals surface area contributed by atoms with Crippen molar-refractivity contribution in [2.45, 2.75) is 25.4 Å². The van der Waals surface area contributed by atoms with Crippen LogP contribution in [0.4, 0.5) is 0 Å². The maximum Gasteiger partial charge on any atom is 0.0628 e. The van der Waals surface area contributed by atoms with Gasteiger partial charge in [0.2, 0.25) is 0 Å². The van der Waals surface area contributed by atoms with Gasteiger partial charge >= 0.3 is 0 Å². The van der Waals surface area contributed by atoms with Crippen LogP contribution >= 0.6 is 0 Å². The van der Waals surface area contributed by atoms with Crippen molar-refractivity contribution in [1.82, 2.24) is 10.2 Å². The van der Waals surface area contributed by atoms with E-state index in [0.717, 1.165) is 19.7 Å². The van der Waals surface area contributed by atoms with E-state index in [0.29, 0.717) is 6.04 Å². The third-order valence-corrected chi connectivity index (χ3v) is 3.69. The molecular formula is C15H24N2O. The monoisotopic (exact) mass is 248 g/mol. The quantitative estimate of drug-likeness (QED) is 0.858. The highest BCUT2D eigenvalue weighted by Crippen LogP contribution is 2.18. The van der Waals surface area contributed by atoms with Crippen LogP contribution in [0.15, 0.2) is 24.3 Å². The summed E-state index contributed by atoms with van der Waals surface area (Å²) in [7, 11) is 3.78. The highest BCUT2D eigenvalue weighted by atomic mass is 16.5. The predicted molar refractivity (Wildman–Crippen MR) is 74.8 cm³/mol. The van der Waals surface area contributed by atoms with Crippen LogP contribution in [-0.2, 0) is 17.7 Å². The number of benzene rings is 1. The van der Waals surface area contributed by atoms with Crippen LogP contribution in [0.1, 0.15) is 17.5 Å². The first-order chi connectivity index (χ1) is 8.83. The zero-order valence-electron chi connectivity index (χ0n) is 11.5. The van der Waals surface area contributed by atoms with E-state index in [1.807, 2.05) is 7.05 Å². The lowest BCUT2D eigenvalue weighted by Crippen LogP contribution is -2.42. The molecule has 1 aromatic carbocycles. The number of likely N-dealkylation sites (N-methyl/N-ethyl adjacent to an activating group) is 1. The Balaban J connectivity index is 1.99. The molecule has 1 aromatic rings. The van der Waals surface area contributed by atoms with Gasteiger partial charge in [-0.25, -0.2) is 0 Å². The molecule has 0 radical (unpaired) electrons. The molecule has 100 valence electrons. The van der Waals surface area contributed by atoms with Crippen LogP contribution in [0.3, 0.4) is 0 Å². The number of methoxy groups -OCH3 is 1. The minimum atomic E-state index is 0.417. The van der Waals surface area contributed by atoms with Gasteiger partial charge in [0.15, 0.2) is 0 Å². The van der Waals surface area contributed by atoms with Gasteiger partial charge in [-0.1, -0.05) is 24.3 Å². The topological polar surface area (TPSA) is 24.5 Å². The second-order valence-corrected chi connectivity index (χ2v) is 5.05. The number of nitrogens with one attached hydrogen (secondary N) is 1. The van der Waals surface area contributed by atoms with Crippen LogP contribution in [-0.4, -0.2) is 44.8 Å². The van der Waals surface area contributed by atoms with E-state index in [4.69, 9.17) is 4.74 Å². The van der Waals surface area contributed by atoms with Gasteiger partial charge in [0, 0.05) is 26.2 Å². The Labute approximate surface area is 110 Å². The van der Waals surface area contributed by atoms with E-state index < -0.39 is 0 Å². The predicted octanol–water partition coefficient (Wildman–Crippen LogP) is 1.67. The lowest BCUT2D eigenvalue weighted by Gasteiger charge is -2.25. The molecule has 3 heteroatoms. The van der Waals surface area contributed by atoms with Crippen LogP contribution in [0.5, 0.6) is 0 Å². The van der Waals surface area contributed by atoms with Crippen molar-refractivity contribution in [3.05, 3.63) is 35.4 Å². The SMILES string of the molecule is CNC(COC)CN1CCCc2ccccc2C1. The molecule has 0 aliphatic carbocycles. The summed E-state index contributed by atoms with van der Waals surface area (Å²) in [4.78, 5) is 2.53. The highest BCUT2D eigenvalue weighted by Gasteiger charge is 2.17. The zero-order valence-corrected chi connectivity index (χ0v) is 11.5. The summed E-state index contributed by atoms with van der Waals surface area (Å²) in [5, 5.41) is 3.33. The van der Waals surface area contributed by atoms with Crippen LogP contribution in [0.2, 0.25) is 0 Å². The van der Waals surface area contributed by atoms with Gasteiger partial charge in [0.25, 0.3) is 0 Å². The Morgan fingerprint density at radius 2 is 2.11 bits per heavy atom. The van der Waals surface area contributed by atoms with E-state index in [1.165, 1.54) is 30.5 Å². The number of rotatable bonds is 5. The van der Waals surface area contributed by atoms with Gasteiger partial charge in [0.05, 0.1) is 6.61 Å². The van der Waals surface area contributed by atoms with Crippen molar-refractivity contribution in [3.8, 4) is 0 Å². The summed E-state index contributed by atoms with van der Waals surface area (Å²) in [6.07, 6.45) is 2.46. The summed E-state index contributed by atoms with van der Waals surface area (Å²) >= 11 is 0. The smallest absolute Gasteiger partial charge is 0.0628 e. The summed E-state index contributed by atoms with van der Waals surface area (Å²) in [5.41, 5.74) is 3.01. The Morgan fingerprint density at radius 3 is 2.83 bits per heavy atom. The standard InChI is InChI=1S/C15H24N2O/c1-16-15(12-18-2)11-17-9-5-8-13-6-3-4-7-14(13)10-17/h3-4,6-7,15-16H,5,8-12H2,1-2H3. The molecule has 2 rings (SSSR count). The summed E-state index contributed by atoms with van der Waals surface area (Å²) in [5.74, 6) is 0. The maximum absolute atomic E-state index is 5.25. The Hall–Kier alpha value is -0.900. The van der Waals surface area contributed by atoms with Crippen molar-refractivity contribution in [1.29, 1.82) is 0 Å². The molecule has 1 heterocycles. The van der Waals surface area contributed by atoms with Crippen molar-refractivity contribution < 1.29 is 4.74 Å². The van der Waals surface area contributed by atoms with E-state index in [9.17, 15) is 0 Å². The number of hydrogen-bond donors (Lipinski definition) is 1. The lowest BCUT2D eigenvalue weighted by atomic mass is 10.0. The van der Waals surface area contributed by atoms with Gasteiger partial charge in [-0.3, -0.25) is 4.90 Å². The fourth-order valence-corrected chi connectivity index (χ4v) is 2.66. The first-order valence-electron chi connectivity index (χ1n) is 6.79. The normalized spacial score (nSPS) is 18.1. The average molecular weight is 248 g/mol. The molecule has 1 N–H and O–H groups in total. The summed E-state index contributed by atoms with van der Waals surface area (Å²) in [6, 6.07) is 9.24. The number of hydrogen-bond acceptors (Lipinski definition) is 3. The molecule has 0 aromatic heterocycles. The van der Waals surface area contributed by atoms with E-state index >= 15 is 0 Å². The number of nitrogens with zero attached hydrogens (tertiary/aromatic N) is 1. The van der Waals surface area contributed by atoms with Crippen LogP contribution in [0, 0.1) is 0 Å². The van der Waals surface area contributed by atoms with Crippen molar-refractivity contribution >= 4 is 0 Å². The molecule has 0 amide bonds. The fraction of sp³-hybridized carbons (Fsp3) is 0.600. The third-order valence-electron chi connectivity index (χ3n) is 3.69. The molecule has 1 atom stereocenters. The van der Waals surface area contributed by atoms with Gasteiger partial charge in [0.1, 0.15) is 0 Å². The second kappa shape index (κ2) is 6.88. The van der Waals surface area contributed by atoms with Crippen LogP contribution in [0.25, 0.3) is 0 Å². The fourth-order valence-electron chi connectivity index (χ4n) is 2.66. The van der Waals surface area contributed by atoms with E-state index in [1.54, 1.807) is 7.11 Å².